The zero-order chi connectivity index (χ0) is 31.5. The van der Waals surface area contributed by atoms with Crippen molar-refractivity contribution in [3.05, 3.63) is 138 Å². The number of anilines is 1. The van der Waals surface area contributed by atoms with Crippen LogP contribution in [0.1, 0.15) is 22.8 Å². The number of hydrogen-bond acceptors (Lipinski definition) is 5. The fourth-order valence-corrected chi connectivity index (χ4v) is 5.38. The number of carbonyl (C=O) groups excluding carboxylic acids is 4. The molecule has 0 bridgehead atoms. The first kappa shape index (κ1) is 29.1. The molecule has 0 radical (unpaired) electrons. The van der Waals surface area contributed by atoms with E-state index in [9.17, 15) is 19.2 Å². The van der Waals surface area contributed by atoms with Crippen molar-refractivity contribution in [3.63, 3.8) is 0 Å². The van der Waals surface area contributed by atoms with E-state index < -0.39 is 23.8 Å². The average Bonchev–Trinajstić information content (AvgIpc) is 3.46. The smallest absolute Gasteiger partial charge is 0.338 e. The van der Waals surface area contributed by atoms with Gasteiger partial charge in [-0.15, -0.1) is 0 Å². The Morgan fingerprint density at radius 1 is 0.711 bits per heavy atom. The molecule has 0 atom stereocenters. The monoisotopic (exact) mass is 595 g/mol. The molecule has 222 valence electrons. The van der Waals surface area contributed by atoms with Gasteiger partial charge in [0.1, 0.15) is 5.57 Å². The predicted octanol–water partition coefficient (Wildman–Crippen LogP) is 7.00. The molecule has 5 aromatic rings. The first-order chi connectivity index (χ1) is 21.9. The van der Waals surface area contributed by atoms with Gasteiger partial charge in [0.25, 0.3) is 11.8 Å². The normalized spacial score (nSPS) is 14.3. The summed E-state index contributed by atoms with van der Waals surface area (Å²) in [6.45, 7) is 2.03. The van der Waals surface area contributed by atoms with Crippen LogP contribution in [-0.2, 0) is 14.3 Å². The third kappa shape index (κ3) is 5.45. The molecule has 1 saturated heterocycles. The second-order valence-corrected chi connectivity index (χ2v) is 10.3. The molecule has 2 heterocycles. The first-order valence-corrected chi connectivity index (χ1v) is 14.5. The molecule has 4 aromatic carbocycles. The Hall–Kier alpha value is -6.02. The van der Waals surface area contributed by atoms with Gasteiger partial charge in [-0.05, 0) is 66.6 Å². The molecule has 45 heavy (non-hydrogen) atoms. The number of esters is 1. The van der Waals surface area contributed by atoms with Gasteiger partial charge in [0.15, 0.2) is 0 Å². The number of aromatic nitrogens is 1. The van der Waals surface area contributed by atoms with Crippen LogP contribution in [0.15, 0.2) is 127 Å². The van der Waals surface area contributed by atoms with Crippen LogP contribution >= 0.6 is 0 Å². The zero-order valence-corrected chi connectivity index (χ0v) is 24.7. The maximum Gasteiger partial charge on any atom is 0.338 e. The lowest BCUT2D eigenvalue weighted by Crippen LogP contribution is -2.55. The standard InChI is InChI=1S/C37H29N3O5/c1-3-45-36(43)27-19-21-30(22-20-27)39-32(25-13-7-4-8-14-25)24-28(33(39)26-15-9-5-10-16-26)23-31-34(41)38(2)37(44)40(35(31)42)29-17-11-6-12-18-29/h4-24H,3H2,1-2H3/b31-23-. The molecule has 0 spiro atoms. The summed E-state index contributed by atoms with van der Waals surface area (Å²) in [5.74, 6) is -1.81. The molecular formula is C37H29N3O5. The van der Waals surface area contributed by atoms with Crippen molar-refractivity contribution in [1.82, 2.24) is 9.47 Å². The molecule has 4 amide bonds. The van der Waals surface area contributed by atoms with Crippen LogP contribution in [-0.4, -0.2) is 46.9 Å². The number of carbonyl (C=O) groups is 4. The average molecular weight is 596 g/mol. The highest BCUT2D eigenvalue weighted by atomic mass is 16.5. The number of urea groups is 1. The van der Waals surface area contributed by atoms with Crippen molar-refractivity contribution in [3.8, 4) is 28.2 Å². The molecule has 6 rings (SSSR count). The molecule has 0 N–H and O–H groups in total. The summed E-state index contributed by atoms with van der Waals surface area (Å²) in [7, 11) is 1.37. The van der Waals surface area contributed by atoms with Gasteiger partial charge in [-0.1, -0.05) is 78.9 Å². The quantitative estimate of drug-likeness (QED) is 0.115. The van der Waals surface area contributed by atoms with E-state index in [0.717, 1.165) is 38.0 Å². The number of rotatable bonds is 7. The van der Waals surface area contributed by atoms with Crippen molar-refractivity contribution >= 4 is 35.6 Å². The van der Waals surface area contributed by atoms with Gasteiger partial charge in [-0.3, -0.25) is 14.5 Å². The fourth-order valence-electron chi connectivity index (χ4n) is 5.38. The third-order valence-electron chi connectivity index (χ3n) is 7.54. The summed E-state index contributed by atoms with van der Waals surface area (Å²) >= 11 is 0. The molecule has 0 unspecified atom stereocenters. The van der Waals surface area contributed by atoms with Crippen LogP contribution in [0.2, 0.25) is 0 Å². The summed E-state index contributed by atoms with van der Waals surface area (Å²) in [5, 5.41) is 0. The molecule has 1 aliphatic rings. The second-order valence-electron chi connectivity index (χ2n) is 10.3. The van der Waals surface area contributed by atoms with Crippen molar-refractivity contribution in [1.29, 1.82) is 0 Å². The number of barbiturate groups is 1. The van der Waals surface area contributed by atoms with Crippen LogP contribution in [0.25, 0.3) is 34.3 Å². The Morgan fingerprint density at radius 3 is 1.89 bits per heavy atom. The van der Waals surface area contributed by atoms with Gasteiger partial charge in [-0.2, -0.15) is 0 Å². The number of imide groups is 2. The topological polar surface area (TPSA) is 88.9 Å². The molecular weight excluding hydrogens is 566 g/mol. The van der Waals surface area contributed by atoms with E-state index in [0.29, 0.717) is 16.8 Å². The molecule has 0 aliphatic carbocycles. The summed E-state index contributed by atoms with van der Waals surface area (Å²) in [6, 6.07) is 36.2. The van der Waals surface area contributed by atoms with Crippen LogP contribution in [0.4, 0.5) is 10.5 Å². The summed E-state index contributed by atoms with van der Waals surface area (Å²) in [6.07, 6.45) is 1.56. The number of amides is 4. The van der Waals surface area contributed by atoms with Gasteiger partial charge in [0.05, 0.1) is 29.2 Å². The Labute approximate surface area is 260 Å². The maximum atomic E-state index is 13.9. The van der Waals surface area contributed by atoms with E-state index in [1.54, 1.807) is 55.5 Å². The number of nitrogens with zero attached hydrogens (tertiary/aromatic N) is 3. The van der Waals surface area contributed by atoms with Gasteiger partial charge in [-0.25, -0.2) is 14.5 Å². The molecule has 1 fully saturated rings. The van der Waals surface area contributed by atoms with Crippen molar-refractivity contribution < 1.29 is 23.9 Å². The minimum Gasteiger partial charge on any atom is -0.462 e. The second kappa shape index (κ2) is 12.3. The SMILES string of the molecule is CCOC(=O)c1ccc(-n2c(-c3ccccc3)cc(/C=C3/C(=O)N(C)C(=O)N(c4ccccc4)C3=O)c2-c2ccccc2)cc1. The van der Waals surface area contributed by atoms with Gasteiger partial charge in [0, 0.05) is 18.3 Å². The molecule has 8 heteroatoms. The first-order valence-electron chi connectivity index (χ1n) is 14.5. The van der Waals surface area contributed by atoms with E-state index in [2.05, 4.69) is 0 Å². The van der Waals surface area contributed by atoms with Crippen LogP contribution in [0, 0.1) is 0 Å². The maximum absolute atomic E-state index is 13.9. The lowest BCUT2D eigenvalue weighted by atomic mass is 10.0. The highest BCUT2D eigenvalue weighted by molar-refractivity contribution is 6.39. The largest absolute Gasteiger partial charge is 0.462 e. The van der Waals surface area contributed by atoms with Crippen molar-refractivity contribution in [2.75, 3.05) is 18.6 Å². The number of benzene rings is 4. The lowest BCUT2D eigenvalue weighted by molar-refractivity contribution is -0.128. The number of ether oxygens (including phenoxy) is 1. The van der Waals surface area contributed by atoms with Gasteiger partial charge < -0.3 is 9.30 Å². The highest BCUT2D eigenvalue weighted by Crippen LogP contribution is 2.38. The summed E-state index contributed by atoms with van der Waals surface area (Å²) in [4.78, 5) is 54.9. The molecule has 8 nitrogen and oxygen atoms in total. The predicted molar refractivity (Wildman–Crippen MR) is 173 cm³/mol. The Bertz CT molecular complexity index is 1930. The van der Waals surface area contributed by atoms with Gasteiger partial charge >= 0.3 is 12.0 Å². The highest BCUT2D eigenvalue weighted by Gasteiger charge is 2.41. The number of likely N-dealkylation sites (N-methyl/N-ethyl adjacent to an activating group) is 1. The van der Waals surface area contributed by atoms with Crippen LogP contribution in [0.5, 0.6) is 0 Å². The minimum atomic E-state index is -0.721. The fraction of sp³-hybridized carbons (Fsp3) is 0.0811. The molecule has 0 saturated carbocycles. The Kier molecular flexibility index (Phi) is 7.95. The van der Waals surface area contributed by atoms with Crippen LogP contribution < -0.4 is 4.90 Å². The van der Waals surface area contributed by atoms with E-state index in [1.165, 1.54) is 7.05 Å². The van der Waals surface area contributed by atoms with Crippen molar-refractivity contribution in [2.24, 2.45) is 0 Å². The minimum absolute atomic E-state index is 0.146. The Balaban J connectivity index is 1.59. The third-order valence-corrected chi connectivity index (χ3v) is 7.54. The van der Waals surface area contributed by atoms with E-state index in [4.69, 9.17) is 4.74 Å². The lowest BCUT2D eigenvalue weighted by Gasteiger charge is -2.31. The summed E-state index contributed by atoms with van der Waals surface area (Å²) in [5.41, 5.74) is 5.24. The van der Waals surface area contributed by atoms with Crippen LogP contribution in [0.3, 0.4) is 0 Å². The van der Waals surface area contributed by atoms with E-state index >= 15 is 0 Å². The Morgan fingerprint density at radius 2 is 1.29 bits per heavy atom. The zero-order valence-electron chi connectivity index (χ0n) is 24.7. The van der Waals surface area contributed by atoms with E-state index in [-0.39, 0.29) is 12.2 Å². The summed E-state index contributed by atoms with van der Waals surface area (Å²) < 4.78 is 7.21. The van der Waals surface area contributed by atoms with Crippen molar-refractivity contribution in [2.45, 2.75) is 6.92 Å². The van der Waals surface area contributed by atoms with Gasteiger partial charge in [0.2, 0.25) is 0 Å². The molecule has 1 aromatic heterocycles. The number of para-hydroxylation sites is 1. The molecule has 1 aliphatic heterocycles. The number of hydrogen-bond donors (Lipinski definition) is 0. The van der Waals surface area contributed by atoms with E-state index in [1.807, 2.05) is 83.4 Å².